The van der Waals surface area contributed by atoms with Gasteiger partial charge in [-0.15, -0.1) is 0 Å². The molecule has 0 bridgehead atoms. The molecule has 0 saturated carbocycles. The summed E-state index contributed by atoms with van der Waals surface area (Å²) in [6.45, 7) is 11.7. The lowest BCUT2D eigenvalue weighted by Gasteiger charge is -2.39. The fraction of sp³-hybridized carbons (Fsp3) is 0.387. The molecule has 2 aliphatic rings. The number of nitrogens with zero attached hydrogens (tertiary/aromatic N) is 3. The van der Waals surface area contributed by atoms with Gasteiger partial charge < -0.3 is 27.4 Å². The van der Waals surface area contributed by atoms with Crippen LogP contribution in [-0.4, -0.2) is 48.9 Å². The van der Waals surface area contributed by atoms with Gasteiger partial charge in [0.2, 0.25) is 5.91 Å². The molecular formula is C31H39N7O. The SMILES string of the molecule is C=C(N)c1ccc2c(c1)CCc1cc(C(N)=O)ccc1C2(C[C@@H](C)NCC(=C)N1CCCC1C#N)C(N)=NC. The first-order valence-electron chi connectivity index (χ1n) is 13.4. The summed E-state index contributed by atoms with van der Waals surface area (Å²) in [4.78, 5) is 18.7. The quantitative estimate of drug-likeness (QED) is 0.292. The fourth-order valence-electron chi connectivity index (χ4n) is 6.20. The molecule has 3 atom stereocenters. The van der Waals surface area contributed by atoms with E-state index in [1.54, 1.807) is 13.1 Å². The number of rotatable bonds is 9. The van der Waals surface area contributed by atoms with Gasteiger partial charge in [0, 0.05) is 43.1 Å². The monoisotopic (exact) mass is 525 g/mol. The number of primary amides is 1. The van der Waals surface area contributed by atoms with Gasteiger partial charge in [0.1, 0.15) is 11.9 Å². The van der Waals surface area contributed by atoms with Gasteiger partial charge in [-0.25, -0.2) is 0 Å². The van der Waals surface area contributed by atoms with Gasteiger partial charge in [-0.3, -0.25) is 9.79 Å². The molecule has 0 spiro atoms. The molecule has 7 N–H and O–H groups in total. The molecule has 2 unspecified atom stereocenters. The van der Waals surface area contributed by atoms with Crippen LogP contribution in [0.2, 0.25) is 0 Å². The number of aryl methyl sites for hydroxylation is 2. The molecule has 1 fully saturated rings. The van der Waals surface area contributed by atoms with E-state index in [1.807, 2.05) is 18.2 Å². The van der Waals surface area contributed by atoms with Crippen molar-refractivity contribution >= 4 is 17.4 Å². The summed E-state index contributed by atoms with van der Waals surface area (Å²) < 4.78 is 0. The molecule has 204 valence electrons. The second kappa shape index (κ2) is 11.3. The minimum atomic E-state index is -0.753. The molecule has 1 saturated heterocycles. The third-order valence-electron chi connectivity index (χ3n) is 8.20. The van der Waals surface area contributed by atoms with Gasteiger partial charge in [-0.1, -0.05) is 31.4 Å². The first-order chi connectivity index (χ1) is 18.6. The second-order valence-corrected chi connectivity index (χ2v) is 10.7. The number of nitrogens with two attached hydrogens (primary N) is 3. The number of fused-ring (bicyclic) bond motifs is 2. The van der Waals surface area contributed by atoms with Gasteiger partial charge in [-0.05, 0) is 85.0 Å². The van der Waals surface area contributed by atoms with E-state index >= 15 is 0 Å². The number of carbonyl (C=O) groups excluding carboxylic acids is 1. The third kappa shape index (κ3) is 5.27. The average molecular weight is 526 g/mol. The van der Waals surface area contributed by atoms with Gasteiger partial charge in [-0.2, -0.15) is 5.26 Å². The van der Waals surface area contributed by atoms with Gasteiger partial charge in [0.15, 0.2) is 0 Å². The van der Waals surface area contributed by atoms with E-state index in [1.165, 1.54) is 0 Å². The lowest BCUT2D eigenvalue weighted by Crippen LogP contribution is -2.48. The summed E-state index contributed by atoms with van der Waals surface area (Å²) >= 11 is 0. The summed E-state index contributed by atoms with van der Waals surface area (Å²) in [5.74, 6) is 0.0322. The van der Waals surface area contributed by atoms with Crippen LogP contribution in [-0.2, 0) is 18.3 Å². The van der Waals surface area contributed by atoms with E-state index in [0.29, 0.717) is 36.5 Å². The number of benzene rings is 2. The summed E-state index contributed by atoms with van der Waals surface area (Å²) in [7, 11) is 1.71. The van der Waals surface area contributed by atoms with E-state index in [0.717, 1.165) is 59.3 Å². The van der Waals surface area contributed by atoms with Crippen LogP contribution >= 0.6 is 0 Å². The zero-order valence-corrected chi connectivity index (χ0v) is 23.0. The van der Waals surface area contributed by atoms with Crippen molar-refractivity contribution in [2.24, 2.45) is 22.2 Å². The highest BCUT2D eigenvalue weighted by molar-refractivity contribution is 5.98. The van der Waals surface area contributed by atoms with Gasteiger partial charge >= 0.3 is 0 Å². The zero-order chi connectivity index (χ0) is 28.3. The first-order valence-corrected chi connectivity index (χ1v) is 13.4. The predicted octanol–water partition coefficient (Wildman–Crippen LogP) is 2.96. The van der Waals surface area contributed by atoms with E-state index in [-0.39, 0.29) is 12.1 Å². The number of carbonyl (C=O) groups is 1. The van der Waals surface area contributed by atoms with E-state index in [2.05, 4.69) is 53.5 Å². The summed E-state index contributed by atoms with van der Waals surface area (Å²) in [6.07, 6.45) is 3.94. The Hall–Kier alpha value is -4.09. The largest absolute Gasteiger partial charge is 0.399 e. The zero-order valence-electron chi connectivity index (χ0n) is 23.0. The lowest BCUT2D eigenvalue weighted by molar-refractivity contribution is 0.1000. The maximum Gasteiger partial charge on any atom is 0.248 e. The highest BCUT2D eigenvalue weighted by Crippen LogP contribution is 2.44. The Kier molecular flexibility index (Phi) is 8.12. The van der Waals surface area contributed by atoms with Gasteiger partial charge in [0.25, 0.3) is 0 Å². The standard InChI is InChI=1S/C31H39N7O/c1-19(37-18-20(2)38-13-5-6-26(38)17-32)16-31(30(35)36-4)27-11-9-22(21(3)33)14-23(27)7-8-24-15-25(29(34)39)10-12-28(24)31/h9-12,14-15,19,26,37H,2-3,5-8,13,16,18,33H2,1,4H3,(H2,34,39)(H2,35,36)/t19-,26?,31?/m1/s1. The van der Waals surface area contributed by atoms with Crippen molar-refractivity contribution in [2.45, 2.75) is 56.5 Å². The Morgan fingerprint density at radius 2 is 1.77 bits per heavy atom. The Morgan fingerprint density at radius 3 is 2.33 bits per heavy atom. The van der Waals surface area contributed by atoms with Crippen LogP contribution in [0.4, 0.5) is 0 Å². The first kappa shape index (κ1) is 27.9. The maximum absolute atomic E-state index is 12.1. The van der Waals surface area contributed by atoms with Crippen LogP contribution in [0, 0.1) is 11.3 Å². The maximum atomic E-state index is 12.1. The number of nitrogens with one attached hydrogen (secondary N) is 1. The Balaban J connectivity index is 1.77. The molecule has 1 heterocycles. The van der Waals surface area contributed by atoms with Crippen LogP contribution in [0.3, 0.4) is 0 Å². The van der Waals surface area contributed by atoms with Crippen LogP contribution in [0.5, 0.6) is 0 Å². The molecule has 1 amide bonds. The minimum Gasteiger partial charge on any atom is -0.399 e. The molecule has 1 aliphatic carbocycles. The molecule has 2 aromatic carbocycles. The Labute approximate surface area is 231 Å². The van der Waals surface area contributed by atoms with E-state index < -0.39 is 11.3 Å². The molecule has 2 aromatic rings. The Morgan fingerprint density at radius 1 is 1.15 bits per heavy atom. The summed E-state index contributed by atoms with van der Waals surface area (Å²) in [5, 5.41) is 13.1. The van der Waals surface area contributed by atoms with Crippen molar-refractivity contribution < 1.29 is 4.79 Å². The number of amidine groups is 1. The predicted molar refractivity (Wildman–Crippen MR) is 157 cm³/mol. The number of hydrogen-bond donors (Lipinski definition) is 4. The lowest BCUT2D eigenvalue weighted by atomic mass is 9.67. The molecule has 39 heavy (non-hydrogen) atoms. The van der Waals surface area contributed by atoms with Crippen LogP contribution < -0.4 is 22.5 Å². The van der Waals surface area contributed by atoms with Gasteiger partial charge in [0.05, 0.1) is 11.5 Å². The second-order valence-electron chi connectivity index (χ2n) is 10.7. The Bertz CT molecular complexity index is 1300. The van der Waals surface area contributed by atoms with Crippen LogP contribution in [0.1, 0.15) is 64.4 Å². The number of likely N-dealkylation sites (tertiary alicyclic amines) is 1. The smallest absolute Gasteiger partial charge is 0.248 e. The highest BCUT2D eigenvalue weighted by atomic mass is 16.1. The molecule has 0 radical (unpaired) electrons. The molecule has 8 nitrogen and oxygen atoms in total. The molecular weight excluding hydrogens is 486 g/mol. The van der Waals surface area contributed by atoms with Crippen molar-refractivity contribution in [1.82, 2.24) is 10.2 Å². The van der Waals surface area contributed by atoms with Crippen molar-refractivity contribution in [1.29, 1.82) is 5.26 Å². The highest BCUT2D eigenvalue weighted by Gasteiger charge is 2.44. The topological polar surface area (TPSA) is 147 Å². The van der Waals surface area contributed by atoms with Crippen molar-refractivity contribution in [2.75, 3.05) is 20.1 Å². The van der Waals surface area contributed by atoms with Crippen molar-refractivity contribution in [3.63, 3.8) is 0 Å². The van der Waals surface area contributed by atoms with E-state index in [4.69, 9.17) is 17.2 Å². The van der Waals surface area contributed by atoms with Crippen molar-refractivity contribution in [3.8, 4) is 6.07 Å². The molecule has 1 aliphatic heterocycles. The van der Waals surface area contributed by atoms with Crippen LogP contribution in [0.15, 0.2) is 60.2 Å². The fourth-order valence-corrected chi connectivity index (χ4v) is 6.20. The third-order valence-corrected chi connectivity index (χ3v) is 8.20. The molecule has 8 heteroatoms. The van der Waals surface area contributed by atoms with Crippen LogP contribution in [0.25, 0.3) is 5.70 Å². The minimum absolute atomic E-state index is 0.00366. The number of amides is 1. The van der Waals surface area contributed by atoms with E-state index in [9.17, 15) is 10.1 Å². The normalized spacial score (nSPS) is 21.3. The molecule has 0 aromatic heterocycles. The van der Waals surface area contributed by atoms with Crippen molar-refractivity contribution in [3.05, 3.63) is 88.6 Å². The summed E-state index contributed by atoms with van der Waals surface area (Å²) in [5.41, 5.74) is 24.8. The average Bonchev–Trinajstić information content (AvgIpc) is 3.37. The number of hydrogen-bond acceptors (Lipinski definition) is 6. The molecule has 4 rings (SSSR count). The number of nitriles is 1. The number of aliphatic imine (C=N–C) groups is 1. The summed E-state index contributed by atoms with van der Waals surface area (Å²) in [6, 6.07) is 14.1.